The van der Waals surface area contributed by atoms with Crippen molar-refractivity contribution in [3.63, 3.8) is 0 Å². The Bertz CT molecular complexity index is 732. The average molecular weight is 419 g/mol. The van der Waals surface area contributed by atoms with Crippen LogP contribution in [0.4, 0.5) is 5.69 Å². The molecule has 0 radical (unpaired) electrons. The Kier molecular flexibility index (Phi) is 8.31. The van der Waals surface area contributed by atoms with Gasteiger partial charge in [0.2, 0.25) is 5.91 Å². The standard InChI is InChI=1S/C20H23BrN2O3/c1-2-26-13-5-12-22-20(25)17-6-3-4-7-18(17)23-19(24)14-15-8-10-16(21)11-9-15/h3-4,6-11H,2,5,12-14H2,1H3,(H,22,25)(H,23,24). The molecule has 0 unspecified atom stereocenters. The van der Waals surface area contributed by atoms with Crippen LogP contribution in [-0.2, 0) is 16.0 Å². The number of halogens is 1. The number of carbonyl (C=O) groups is 2. The molecule has 0 fully saturated rings. The third kappa shape index (κ3) is 6.61. The van der Waals surface area contributed by atoms with E-state index < -0.39 is 0 Å². The topological polar surface area (TPSA) is 67.4 Å². The van der Waals surface area contributed by atoms with Crippen LogP contribution in [0.2, 0.25) is 0 Å². The molecular formula is C20H23BrN2O3. The number of ether oxygens (including phenoxy) is 1. The van der Waals surface area contributed by atoms with Gasteiger partial charge in [0, 0.05) is 24.2 Å². The molecule has 2 aromatic rings. The van der Waals surface area contributed by atoms with E-state index in [0.29, 0.717) is 31.0 Å². The molecule has 2 rings (SSSR count). The minimum atomic E-state index is -0.207. The van der Waals surface area contributed by atoms with Gasteiger partial charge in [0.25, 0.3) is 5.91 Å². The van der Waals surface area contributed by atoms with E-state index in [-0.39, 0.29) is 18.2 Å². The summed E-state index contributed by atoms with van der Waals surface area (Å²) in [4.78, 5) is 24.7. The van der Waals surface area contributed by atoms with Crippen LogP contribution in [0.1, 0.15) is 29.3 Å². The van der Waals surface area contributed by atoms with Gasteiger partial charge in [0.15, 0.2) is 0 Å². The van der Waals surface area contributed by atoms with E-state index in [4.69, 9.17) is 4.74 Å². The largest absolute Gasteiger partial charge is 0.382 e. The summed E-state index contributed by atoms with van der Waals surface area (Å²) in [6.45, 7) is 3.75. The number of carbonyl (C=O) groups excluding carboxylic acids is 2. The number of hydrogen-bond donors (Lipinski definition) is 2. The number of hydrogen-bond acceptors (Lipinski definition) is 3. The van der Waals surface area contributed by atoms with Crippen LogP contribution in [0.5, 0.6) is 0 Å². The quantitative estimate of drug-likeness (QED) is 0.608. The first kappa shape index (κ1) is 20.1. The summed E-state index contributed by atoms with van der Waals surface area (Å²) in [5.74, 6) is -0.370. The molecule has 2 aromatic carbocycles. The highest BCUT2D eigenvalue weighted by Crippen LogP contribution is 2.16. The lowest BCUT2D eigenvalue weighted by molar-refractivity contribution is -0.115. The number of rotatable bonds is 9. The van der Waals surface area contributed by atoms with Crippen molar-refractivity contribution in [3.05, 3.63) is 64.1 Å². The predicted molar refractivity (Wildman–Crippen MR) is 106 cm³/mol. The number of amides is 2. The van der Waals surface area contributed by atoms with Crippen LogP contribution in [0.25, 0.3) is 0 Å². The Morgan fingerprint density at radius 2 is 1.81 bits per heavy atom. The van der Waals surface area contributed by atoms with Crippen molar-refractivity contribution in [1.29, 1.82) is 0 Å². The molecule has 0 spiro atoms. The second kappa shape index (κ2) is 10.7. The molecule has 5 nitrogen and oxygen atoms in total. The molecule has 0 saturated carbocycles. The van der Waals surface area contributed by atoms with E-state index in [1.54, 1.807) is 24.3 Å². The maximum absolute atomic E-state index is 12.4. The van der Waals surface area contributed by atoms with Crippen molar-refractivity contribution in [2.75, 3.05) is 25.1 Å². The fourth-order valence-corrected chi connectivity index (χ4v) is 2.65. The Balaban J connectivity index is 1.93. The van der Waals surface area contributed by atoms with Gasteiger partial charge >= 0.3 is 0 Å². The SMILES string of the molecule is CCOCCCNC(=O)c1ccccc1NC(=O)Cc1ccc(Br)cc1. The van der Waals surface area contributed by atoms with Gasteiger partial charge in [0.05, 0.1) is 17.7 Å². The zero-order valence-corrected chi connectivity index (χ0v) is 16.3. The third-order valence-corrected chi connectivity index (χ3v) is 4.21. The molecular weight excluding hydrogens is 396 g/mol. The normalized spacial score (nSPS) is 10.4. The van der Waals surface area contributed by atoms with E-state index in [0.717, 1.165) is 16.5 Å². The number of nitrogens with one attached hydrogen (secondary N) is 2. The van der Waals surface area contributed by atoms with Gasteiger partial charge < -0.3 is 15.4 Å². The number of anilines is 1. The Labute approximate surface area is 162 Å². The predicted octanol–water partition coefficient (Wildman–Crippen LogP) is 3.79. The van der Waals surface area contributed by atoms with E-state index in [9.17, 15) is 9.59 Å². The van der Waals surface area contributed by atoms with Crippen LogP contribution in [0, 0.1) is 0 Å². The summed E-state index contributed by atoms with van der Waals surface area (Å²) in [7, 11) is 0. The van der Waals surface area contributed by atoms with E-state index in [1.807, 2.05) is 31.2 Å². The molecule has 2 amide bonds. The van der Waals surface area contributed by atoms with Crippen molar-refractivity contribution in [1.82, 2.24) is 5.32 Å². The Morgan fingerprint density at radius 3 is 2.54 bits per heavy atom. The Morgan fingerprint density at radius 1 is 1.08 bits per heavy atom. The maximum atomic E-state index is 12.4. The minimum absolute atomic E-state index is 0.163. The highest BCUT2D eigenvalue weighted by Gasteiger charge is 2.13. The monoisotopic (exact) mass is 418 g/mol. The molecule has 0 atom stereocenters. The summed E-state index contributed by atoms with van der Waals surface area (Å²) in [5, 5.41) is 5.68. The molecule has 26 heavy (non-hydrogen) atoms. The molecule has 6 heteroatoms. The molecule has 0 aliphatic carbocycles. The van der Waals surface area contributed by atoms with Crippen LogP contribution in [0.3, 0.4) is 0 Å². The number of para-hydroxylation sites is 1. The zero-order valence-electron chi connectivity index (χ0n) is 14.8. The van der Waals surface area contributed by atoms with Gasteiger partial charge in [-0.1, -0.05) is 40.2 Å². The van der Waals surface area contributed by atoms with Crippen LogP contribution < -0.4 is 10.6 Å². The average Bonchev–Trinajstić information content (AvgIpc) is 2.63. The van der Waals surface area contributed by atoms with Crippen molar-refractivity contribution in [3.8, 4) is 0 Å². The molecule has 2 N–H and O–H groups in total. The Hall–Kier alpha value is -2.18. The van der Waals surface area contributed by atoms with E-state index in [2.05, 4.69) is 26.6 Å². The number of benzene rings is 2. The summed E-state index contributed by atoms with van der Waals surface area (Å²) < 4.78 is 6.22. The van der Waals surface area contributed by atoms with Crippen molar-refractivity contribution < 1.29 is 14.3 Å². The first-order valence-corrected chi connectivity index (χ1v) is 9.38. The summed E-state index contributed by atoms with van der Waals surface area (Å²) >= 11 is 3.37. The van der Waals surface area contributed by atoms with Gasteiger partial charge in [-0.25, -0.2) is 0 Å². The summed E-state index contributed by atoms with van der Waals surface area (Å²) in [6, 6.07) is 14.6. The van der Waals surface area contributed by atoms with Crippen LogP contribution >= 0.6 is 15.9 Å². The highest BCUT2D eigenvalue weighted by atomic mass is 79.9. The lowest BCUT2D eigenvalue weighted by atomic mass is 10.1. The summed E-state index contributed by atoms with van der Waals surface area (Å²) in [5.41, 5.74) is 1.87. The lowest BCUT2D eigenvalue weighted by Crippen LogP contribution is -2.27. The zero-order chi connectivity index (χ0) is 18.8. The van der Waals surface area contributed by atoms with E-state index >= 15 is 0 Å². The van der Waals surface area contributed by atoms with Crippen molar-refractivity contribution >= 4 is 33.4 Å². The second-order valence-corrected chi connectivity index (χ2v) is 6.62. The van der Waals surface area contributed by atoms with Crippen molar-refractivity contribution in [2.45, 2.75) is 19.8 Å². The molecule has 0 aromatic heterocycles. The molecule has 138 valence electrons. The summed E-state index contributed by atoms with van der Waals surface area (Å²) in [6.07, 6.45) is 0.995. The first-order valence-electron chi connectivity index (χ1n) is 8.59. The second-order valence-electron chi connectivity index (χ2n) is 5.70. The van der Waals surface area contributed by atoms with Gasteiger partial charge in [-0.3, -0.25) is 9.59 Å². The highest BCUT2D eigenvalue weighted by molar-refractivity contribution is 9.10. The molecule has 0 aliphatic heterocycles. The molecule has 0 saturated heterocycles. The minimum Gasteiger partial charge on any atom is -0.382 e. The van der Waals surface area contributed by atoms with Gasteiger partial charge in [0.1, 0.15) is 0 Å². The molecule has 0 bridgehead atoms. The fraction of sp³-hybridized carbons (Fsp3) is 0.300. The van der Waals surface area contributed by atoms with Crippen LogP contribution in [-0.4, -0.2) is 31.6 Å². The molecule has 0 heterocycles. The lowest BCUT2D eigenvalue weighted by Gasteiger charge is -2.11. The van der Waals surface area contributed by atoms with Gasteiger partial charge in [-0.2, -0.15) is 0 Å². The van der Waals surface area contributed by atoms with Crippen LogP contribution in [0.15, 0.2) is 53.0 Å². The fourth-order valence-electron chi connectivity index (χ4n) is 2.39. The smallest absolute Gasteiger partial charge is 0.253 e. The van der Waals surface area contributed by atoms with E-state index in [1.165, 1.54) is 0 Å². The third-order valence-electron chi connectivity index (χ3n) is 3.68. The van der Waals surface area contributed by atoms with Gasteiger partial charge in [-0.15, -0.1) is 0 Å². The first-order chi connectivity index (χ1) is 12.6. The molecule has 0 aliphatic rings. The van der Waals surface area contributed by atoms with Crippen molar-refractivity contribution in [2.24, 2.45) is 0 Å². The van der Waals surface area contributed by atoms with Gasteiger partial charge in [-0.05, 0) is 43.2 Å². The maximum Gasteiger partial charge on any atom is 0.253 e.